The van der Waals surface area contributed by atoms with Gasteiger partial charge in [-0.2, -0.15) is 25.3 Å². The molecule has 15 atom stereocenters. The number of ether oxygens (including phenoxy) is 7. The Hall–Kier alpha value is -3.57. The van der Waals surface area contributed by atoms with Gasteiger partial charge in [-0.15, -0.1) is 0 Å². The van der Waals surface area contributed by atoms with Crippen LogP contribution in [-0.4, -0.2) is 172 Å². The van der Waals surface area contributed by atoms with Crippen LogP contribution in [0.3, 0.4) is 0 Å². The standard InChI is InChI=1S/C18H29NO7S.C18H28O8S.C17H27NO7S/c1-5-17(2,3)16(21)24-7-6-19-14(20)10-25-15-11-8-12-13(9-11)27(22,23)26-18(12,15)4;1-5-17(2,3)16(20)24-7-6-23-13(19)10-25-15-14-11-8-18(15,4)9-12(11)27(21,22)26-14;1-4-17(2,3)16(20)23-6-5-18-13(19)9-24-14-10-7-11-12(8-10)26(21,22)25-15(11)14/h11-13,15H,5-10H2,1-4H3,(H,19,20);11-12,14-15H,5-10H2,1-4H3;10-12,14-15H,4-9H2,1-3H3,(H,18,19). The lowest BCUT2D eigenvalue weighted by molar-refractivity contribution is -0.164. The first-order chi connectivity index (χ1) is 37.2. The van der Waals surface area contributed by atoms with Gasteiger partial charge in [0.15, 0.2) is 0 Å². The maximum Gasteiger partial charge on any atom is 0.332 e. The first-order valence-corrected chi connectivity index (χ1v) is 32.4. The zero-order chi connectivity index (χ0) is 59.2. The largest absolute Gasteiger partial charge is 0.463 e. The van der Waals surface area contributed by atoms with Gasteiger partial charge in [0.2, 0.25) is 11.8 Å². The van der Waals surface area contributed by atoms with Crippen LogP contribution in [-0.2, 0) is 105 Å². The van der Waals surface area contributed by atoms with Gasteiger partial charge in [0.05, 0.1) is 63.4 Å². The molecule has 15 unspecified atom stereocenters. The van der Waals surface area contributed by atoms with Crippen LogP contribution < -0.4 is 10.6 Å². The molecule has 6 aliphatic carbocycles. The van der Waals surface area contributed by atoms with Gasteiger partial charge in [0, 0.05) is 17.8 Å². The van der Waals surface area contributed by atoms with Crippen LogP contribution in [0.15, 0.2) is 0 Å². The van der Waals surface area contributed by atoms with Gasteiger partial charge in [0.1, 0.15) is 64.1 Å². The lowest BCUT2D eigenvalue weighted by Crippen LogP contribution is -2.47. The third kappa shape index (κ3) is 13.3. The number of esters is 4. The molecular formula is C53H84N2O22S3. The number of hydrogen-bond donors (Lipinski definition) is 2. The van der Waals surface area contributed by atoms with Gasteiger partial charge in [-0.25, -0.2) is 4.79 Å². The van der Waals surface area contributed by atoms with Gasteiger partial charge in [-0.1, -0.05) is 27.7 Å². The summed E-state index contributed by atoms with van der Waals surface area (Å²) < 4.78 is 125. The maximum atomic E-state index is 12.1. The summed E-state index contributed by atoms with van der Waals surface area (Å²) in [6, 6.07) is 0. The zero-order valence-electron chi connectivity index (χ0n) is 47.9. The Morgan fingerprint density at radius 3 is 1.57 bits per heavy atom. The Bertz CT molecular complexity index is 2630. The van der Waals surface area contributed by atoms with E-state index in [2.05, 4.69) is 10.6 Å². The summed E-state index contributed by atoms with van der Waals surface area (Å²) in [5, 5.41) is 4.02. The van der Waals surface area contributed by atoms with Crippen LogP contribution in [0.5, 0.6) is 0 Å². The lowest BCUT2D eigenvalue weighted by atomic mass is 9.82. The predicted octanol–water partition coefficient (Wildman–Crippen LogP) is 3.02. The predicted molar refractivity (Wildman–Crippen MR) is 282 cm³/mol. The number of hydrogen-bond acceptors (Lipinski definition) is 22. The number of rotatable bonds is 24. The summed E-state index contributed by atoms with van der Waals surface area (Å²) in [5.74, 6) is -2.01. The fraction of sp³-hybridized carbons (Fsp3) is 0.887. The zero-order valence-corrected chi connectivity index (χ0v) is 50.4. The second-order valence-corrected chi connectivity index (χ2v) is 30.5. The van der Waals surface area contributed by atoms with Crippen LogP contribution in [0, 0.1) is 51.2 Å². The number of carbonyl (C=O) groups excluding carboxylic acids is 6. The SMILES string of the molecule is CCC(C)(C)C(=O)OCCNC(=O)COC1C2CC3C(C2)S(=O)(=O)OC31C.CCC(C)(C)C(=O)OCCNC(=O)COC1C2CC3C1OS(=O)(=O)C3C2.CCC(C)(C)C(=O)OCCOC(=O)COC1C2OS(=O)(=O)C3CC1(C)CC23. The fourth-order valence-corrected chi connectivity index (χ4v) is 18.8. The molecule has 0 spiro atoms. The second kappa shape index (κ2) is 24.2. The number of fused-ring (bicyclic) bond motifs is 3. The van der Waals surface area contributed by atoms with Crippen molar-refractivity contribution in [3.05, 3.63) is 0 Å². The van der Waals surface area contributed by atoms with E-state index in [0.717, 1.165) is 19.3 Å². The van der Waals surface area contributed by atoms with E-state index in [0.29, 0.717) is 38.5 Å². The van der Waals surface area contributed by atoms with E-state index in [4.69, 9.17) is 45.7 Å². The van der Waals surface area contributed by atoms with Crippen LogP contribution in [0.1, 0.15) is 134 Å². The fourth-order valence-electron chi connectivity index (χ4n) is 12.8. The molecule has 456 valence electrons. The number of carbonyl (C=O) groups is 6. The highest BCUT2D eigenvalue weighted by Crippen LogP contribution is 2.63. The molecular weight excluding hydrogens is 1110 g/mol. The van der Waals surface area contributed by atoms with E-state index in [1.165, 1.54) is 0 Å². The molecule has 0 aromatic carbocycles. The van der Waals surface area contributed by atoms with E-state index in [1.807, 2.05) is 55.4 Å². The van der Waals surface area contributed by atoms with Gasteiger partial charge >= 0.3 is 23.9 Å². The molecule has 9 aliphatic rings. The van der Waals surface area contributed by atoms with Crippen LogP contribution in [0.25, 0.3) is 0 Å². The van der Waals surface area contributed by atoms with Gasteiger partial charge in [0.25, 0.3) is 30.4 Å². The van der Waals surface area contributed by atoms with Crippen LogP contribution in [0.4, 0.5) is 0 Å². The Morgan fingerprint density at radius 2 is 1.01 bits per heavy atom. The van der Waals surface area contributed by atoms with Gasteiger partial charge < -0.3 is 43.8 Å². The van der Waals surface area contributed by atoms with Crippen molar-refractivity contribution in [3.8, 4) is 0 Å². The Labute approximate surface area is 470 Å². The van der Waals surface area contributed by atoms with E-state index in [9.17, 15) is 54.0 Å². The lowest BCUT2D eigenvalue weighted by Gasteiger charge is -2.33. The van der Waals surface area contributed by atoms with Gasteiger partial charge in [-0.3, -0.25) is 36.5 Å². The molecule has 2 N–H and O–H groups in total. The molecule has 6 bridgehead atoms. The second-order valence-electron chi connectivity index (χ2n) is 25.2. The molecule has 0 aromatic rings. The molecule has 3 heterocycles. The van der Waals surface area contributed by atoms with E-state index >= 15 is 0 Å². The molecule has 2 amide bonds. The first-order valence-electron chi connectivity index (χ1n) is 28.0. The normalized spacial score (nSPS) is 35.4. The monoisotopic (exact) mass is 1200 g/mol. The third-order valence-corrected chi connectivity index (χ3v) is 24.0. The molecule has 27 heteroatoms. The Morgan fingerprint density at radius 1 is 0.525 bits per heavy atom. The average molecular weight is 1200 g/mol. The van der Waals surface area contributed by atoms with E-state index in [-0.39, 0.29) is 130 Å². The molecule has 0 aromatic heterocycles. The summed E-state index contributed by atoms with van der Waals surface area (Å²) in [5.41, 5.74) is -2.80. The van der Waals surface area contributed by atoms with Crippen molar-refractivity contribution in [1.82, 2.24) is 10.6 Å². The van der Waals surface area contributed by atoms with Crippen molar-refractivity contribution in [1.29, 1.82) is 0 Å². The summed E-state index contributed by atoms with van der Waals surface area (Å²) in [6.45, 7) is 20.3. The van der Waals surface area contributed by atoms with Crippen molar-refractivity contribution in [3.63, 3.8) is 0 Å². The summed E-state index contributed by atoms with van der Waals surface area (Å²) >= 11 is 0. The smallest absolute Gasteiger partial charge is 0.332 e. The molecule has 0 radical (unpaired) electrons. The maximum absolute atomic E-state index is 12.1. The highest BCUT2D eigenvalue weighted by molar-refractivity contribution is 7.88. The van der Waals surface area contributed by atoms with Crippen molar-refractivity contribution in [2.45, 2.75) is 186 Å². The molecule has 9 rings (SSSR count). The minimum atomic E-state index is -3.53. The van der Waals surface area contributed by atoms with Crippen LogP contribution >= 0.6 is 0 Å². The first kappa shape index (κ1) is 64.0. The van der Waals surface area contributed by atoms with Crippen molar-refractivity contribution < 1.29 is 99.7 Å². The number of amides is 2. The van der Waals surface area contributed by atoms with Crippen molar-refractivity contribution >= 4 is 66.0 Å². The third-order valence-electron chi connectivity index (χ3n) is 18.6. The minimum Gasteiger partial charge on any atom is -0.463 e. The average Bonchev–Trinajstić information content (AvgIpc) is 3.38. The Kier molecular flexibility index (Phi) is 19.4. The van der Waals surface area contributed by atoms with Crippen LogP contribution in [0.2, 0.25) is 0 Å². The quantitative estimate of drug-likeness (QED) is 0.0607. The van der Waals surface area contributed by atoms with Crippen molar-refractivity contribution in [2.24, 2.45) is 51.2 Å². The van der Waals surface area contributed by atoms with Crippen molar-refractivity contribution in [2.75, 3.05) is 59.3 Å². The highest BCUT2D eigenvalue weighted by Gasteiger charge is 2.72. The van der Waals surface area contributed by atoms with E-state index < -0.39 is 98.3 Å². The summed E-state index contributed by atoms with van der Waals surface area (Å²) in [4.78, 5) is 71.3. The molecule has 3 aliphatic heterocycles. The molecule has 9 fully saturated rings. The molecule has 80 heavy (non-hydrogen) atoms. The topological polar surface area (TPSA) is 321 Å². The molecule has 3 saturated heterocycles. The van der Waals surface area contributed by atoms with E-state index in [1.54, 1.807) is 20.8 Å². The highest BCUT2D eigenvalue weighted by atomic mass is 32.2. The number of nitrogens with one attached hydrogen (secondary N) is 2. The summed E-state index contributed by atoms with van der Waals surface area (Å²) in [7, 11) is -10.5. The summed E-state index contributed by atoms with van der Waals surface area (Å²) in [6.07, 6.45) is 3.72. The Balaban J connectivity index is 0.000000173. The van der Waals surface area contributed by atoms with Gasteiger partial charge in [-0.05, 0) is 124 Å². The molecule has 6 saturated carbocycles. The minimum absolute atomic E-state index is 0.000562. The molecule has 24 nitrogen and oxygen atoms in total.